The van der Waals surface area contributed by atoms with Crippen LogP contribution in [0.15, 0.2) is 53.9 Å². The summed E-state index contributed by atoms with van der Waals surface area (Å²) in [5.41, 5.74) is 9.63. The second-order valence-electron chi connectivity index (χ2n) is 4.65. The highest BCUT2D eigenvalue weighted by atomic mass is 16.5. The summed E-state index contributed by atoms with van der Waals surface area (Å²) in [6.07, 6.45) is 0.568. The fourth-order valence-electron chi connectivity index (χ4n) is 1.86. The average Bonchev–Trinajstić information content (AvgIpc) is 2.58. The van der Waals surface area contributed by atoms with Gasteiger partial charge in [-0.05, 0) is 17.2 Å². The smallest absolute Gasteiger partial charge is 0.138 e. The van der Waals surface area contributed by atoms with Crippen molar-refractivity contribution in [3.63, 3.8) is 0 Å². The van der Waals surface area contributed by atoms with E-state index in [1.807, 2.05) is 30.3 Å². The van der Waals surface area contributed by atoms with Gasteiger partial charge in [-0.25, -0.2) is 0 Å². The first-order valence-electron chi connectivity index (χ1n) is 6.69. The first-order chi connectivity index (χ1) is 10.7. The second kappa shape index (κ2) is 7.99. The lowest BCUT2D eigenvalue weighted by Gasteiger charge is -2.16. The monoisotopic (exact) mass is 300 g/mol. The summed E-state index contributed by atoms with van der Waals surface area (Å²) in [6.45, 7) is 0.163. The standard InChI is InChI=1S/C15H16N4O3/c16-19-18-9-14(20)15(21)12-6-13(8-17-7-12)22-10-11-4-2-1-3-5-11/h1-8,14-15,20-21H,9-10H2. The summed E-state index contributed by atoms with van der Waals surface area (Å²) in [5.74, 6) is 0.483. The molecule has 2 unspecified atom stereocenters. The second-order valence-corrected chi connectivity index (χ2v) is 4.65. The van der Waals surface area contributed by atoms with Crippen molar-refractivity contribution >= 4 is 0 Å². The van der Waals surface area contributed by atoms with Gasteiger partial charge in [-0.2, -0.15) is 0 Å². The fraction of sp³-hybridized carbons (Fsp3) is 0.267. The first-order valence-corrected chi connectivity index (χ1v) is 6.69. The third-order valence-corrected chi connectivity index (χ3v) is 3.02. The summed E-state index contributed by atoms with van der Waals surface area (Å²) in [7, 11) is 0. The molecule has 0 spiro atoms. The maximum Gasteiger partial charge on any atom is 0.138 e. The molecule has 2 aromatic rings. The predicted octanol–water partition coefficient (Wildman–Crippen LogP) is 2.37. The van der Waals surface area contributed by atoms with E-state index in [-0.39, 0.29) is 6.54 Å². The Bertz CT molecular complexity index is 644. The molecular formula is C15H16N4O3. The molecule has 0 amide bonds. The molecule has 1 heterocycles. The Morgan fingerprint density at radius 3 is 2.73 bits per heavy atom. The van der Waals surface area contributed by atoms with Crippen LogP contribution in [0.25, 0.3) is 10.4 Å². The number of aliphatic hydroxyl groups is 2. The van der Waals surface area contributed by atoms with Gasteiger partial charge in [-0.15, -0.1) is 0 Å². The van der Waals surface area contributed by atoms with E-state index in [4.69, 9.17) is 10.3 Å². The van der Waals surface area contributed by atoms with Crippen LogP contribution < -0.4 is 4.74 Å². The number of hydrogen-bond donors (Lipinski definition) is 2. The molecule has 114 valence electrons. The van der Waals surface area contributed by atoms with Crippen LogP contribution in [0.3, 0.4) is 0 Å². The van der Waals surface area contributed by atoms with Crippen molar-refractivity contribution < 1.29 is 14.9 Å². The largest absolute Gasteiger partial charge is 0.487 e. The van der Waals surface area contributed by atoms with E-state index in [2.05, 4.69) is 15.0 Å². The molecule has 0 saturated carbocycles. The Morgan fingerprint density at radius 1 is 1.23 bits per heavy atom. The zero-order chi connectivity index (χ0) is 15.8. The molecule has 1 aromatic heterocycles. The van der Waals surface area contributed by atoms with Gasteiger partial charge in [0.2, 0.25) is 0 Å². The zero-order valence-corrected chi connectivity index (χ0v) is 11.8. The van der Waals surface area contributed by atoms with E-state index in [1.165, 1.54) is 12.4 Å². The van der Waals surface area contributed by atoms with E-state index < -0.39 is 12.2 Å². The predicted molar refractivity (Wildman–Crippen MR) is 80.0 cm³/mol. The summed E-state index contributed by atoms with van der Waals surface area (Å²) < 4.78 is 5.61. The van der Waals surface area contributed by atoms with E-state index in [0.29, 0.717) is 17.9 Å². The van der Waals surface area contributed by atoms with Gasteiger partial charge in [0.25, 0.3) is 0 Å². The number of hydrogen-bond acceptors (Lipinski definition) is 5. The van der Waals surface area contributed by atoms with Crippen LogP contribution in [0.2, 0.25) is 0 Å². The molecule has 7 nitrogen and oxygen atoms in total. The average molecular weight is 300 g/mol. The minimum absolute atomic E-state index is 0.216. The van der Waals surface area contributed by atoms with Crippen molar-refractivity contribution in [1.82, 2.24) is 4.98 Å². The molecule has 2 atom stereocenters. The molecular weight excluding hydrogens is 284 g/mol. The quantitative estimate of drug-likeness (QED) is 0.464. The topological polar surface area (TPSA) is 111 Å². The third kappa shape index (κ3) is 4.46. The van der Waals surface area contributed by atoms with Gasteiger partial charge in [0, 0.05) is 16.7 Å². The fourth-order valence-corrected chi connectivity index (χ4v) is 1.86. The summed E-state index contributed by atoms with van der Waals surface area (Å²) in [4.78, 5) is 6.53. The Morgan fingerprint density at radius 2 is 2.00 bits per heavy atom. The number of benzene rings is 1. The SMILES string of the molecule is [N-]=[N+]=NCC(O)C(O)c1cncc(OCc2ccccc2)c1. The normalized spacial score (nSPS) is 13.0. The van der Waals surface area contributed by atoms with Gasteiger partial charge in [0.1, 0.15) is 18.5 Å². The van der Waals surface area contributed by atoms with E-state index in [1.54, 1.807) is 6.07 Å². The number of aliphatic hydroxyl groups excluding tert-OH is 2. The van der Waals surface area contributed by atoms with Crippen molar-refractivity contribution in [2.75, 3.05) is 6.54 Å². The number of rotatable bonds is 7. The molecule has 0 fully saturated rings. The molecule has 0 aliphatic heterocycles. The van der Waals surface area contributed by atoms with Crippen molar-refractivity contribution in [3.05, 3.63) is 70.4 Å². The van der Waals surface area contributed by atoms with Gasteiger partial charge in [0.05, 0.1) is 18.8 Å². The lowest BCUT2D eigenvalue weighted by molar-refractivity contribution is 0.0240. The van der Waals surface area contributed by atoms with Gasteiger partial charge in [0.15, 0.2) is 0 Å². The summed E-state index contributed by atoms with van der Waals surface area (Å²) >= 11 is 0. The van der Waals surface area contributed by atoms with Crippen LogP contribution in [0.4, 0.5) is 0 Å². The van der Waals surface area contributed by atoms with Gasteiger partial charge >= 0.3 is 0 Å². The highest BCUT2D eigenvalue weighted by Crippen LogP contribution is 2.21. The molecule has 22 heavy (non-hydrogen) atoms. The molecule has 2 rings (SSSR count). The Hall–Kier alpha value is -2.60. The minimum atomic E-state index is -1.20. The summed E-state index contributed by atoms with van der Waals surface area (Å²) in [6, 6.07) is 11.2. The highest BCUT2D eigenvalue weighted by molar-refractivity contribution is 5.26. The van der Waals surface area contributed by atoms with Crippen LogP contribution in [-0.4, -0.2) is 27.8 Å². The highest BCUT2D eigenvalue weighted by Gasteiger charge is 2.18. The molecule has 0 aliphatic rings. The first kappa shape index (κ1) is 15.8. The number of aromatic nitrogens is 1. The van der Waals surface area contributed by atoms with Crippen molar-refractivity contribution in [2.45, 2.75) is 18.8 Å². The van der Waals surface area contributed by atoms with E-state index in [9.17, 15) is 10.2 Å². The maximum absolute atomic E-state index is 10.00. The van der Waals surface area contributed by atoms with Gasteiger partial charge < -0.3 is 14.9 Å². The number of pyridine rings is 1. The van der Waals surface area contributed by atoms with E-state index in [0.717, 1.165) is 5.56 Å². The Labute approximate surface area is 127 Å². The van der Waals surface area contributed by atoms with Gasteiger partial charge in [-0.3, -0.25) is 4.98 Å². The van der Waals surface area contributed by atoms with Gasteiger partial charge in [-0.1, -0.05) is 35.4 Å². The van der Waals surface area contributed by atoms with Crippen LogP contribution in [0, 0.1) is 0 Å². The van der Waals surface area contributed by atoms with Crippen molar-refractivity contribution in [3.8, 4) is 5.75 Å². The lowest BCUT2D eigenvalue weighted by Crippen LogP contribution is -2.21. The zero-order valence-electron chi connectivity index (χ0n) is 11.8. The molecule has 1 aromatic carbocycles. The van der Waals surface area contributed by atoms with E-state index >= 15 is 0 Å². The lowest BCUT2D eigenvalue weighted by atomic mass is 10.1. The number of azide groups is 1. The van der Waals surface area contributed by atoms with Crippen LogP contribution in [0.1, 0.15) is 17.2 Å². The van der Waals surface area contributed by atoms with Crippen LogP contribution >= 0.6 is 0 Å². The van der Waals surface area contributed by atoms with Crippen LogP contribution in [0.5, 0.6) is 5.75 Å². The van der Waals surface area contributed by atoms with Crippen molar-refractivity contribution in [2.24, 2.45) is 5.11 Å². The maximum atomic E-state index is 10.00. The molecule has 0 saturated heterocycles. The Kier molecular flexibility index (Phi) is 5.73. The Balaban J connectivity index is 2.01. The number of nitrogens with zero attached hydrogens (tertiary/aromatic N) is 4. The third-order valence-electron chi connectivity index (χ3n) is 3.02. The number of ether oxygens (including phenoxy) is 1. The molecule has 0 bridgehead atoms. The molecule has 0 aliphatic carbocycles. The molecule has 2 N–H and O–H groups in total. The minimum Gasteiger partial charge on any atom is -0.487 e. The molecule has 7 heteroatoms. The molecule has 0 radical (unpaired) electrons. The summed E-state index contributed by atoms with van der Waals surface area (Å²) in [5, 5.41) is 22.9. The van der Waals surface area contributed by atoms with Crippen molar-refractivity contribution in [1.29, 1.82) is 0 Å². The van der Waals surface area contributed by atoms with Crippen LogP contribution in [-0.2, 0) is 6.61 Å².